The summed E-state index contributed by atoms with van der Waals surface area (Å²) in [6.45, 7) is 1.11. The van der Waals surface area contributed by atoms with Crippen LogP contribution in [0.4, 0.5) is 0 Å². The highest BCUT2D eigenvalue weighted by molar-refractivity contribution is 7.99. The third-order valence-electron chi connectivity index (χ3n) is 2.96. The number of nitrogens with zero attached hydrogens (tertiary/aromatic N) is 1. The van der Waals surface area contributed by atoms with Crippen LogP contribution in [0.15, 0.2) is 23.1 Å². The Bertz CT molecular complexity index is 539. The minimum Gasteiger partial charge on any atom is -0.493 e. The summed E-state index contributed by atoms with van der Waals surface area (Å²) in [5, 5.41) is 0. The van der Waals surface area contributed by atoms with Gasteiger partial charge in [0.1, 0.15) is 0 Å². The summed E-state index contributed by atoms with van der Waals surface area (Å²) >= 11 is 1.77. The zero-order chi connectivity index (χ0) is 13.9. The molecule has 1 fully saturated rings. The number of methoxy groups -OCH3 is 2. The maximum absolute atomic E-state index is 12.5. The molecule has 1 aliphatic rings. The van der Waals surface area contributed by atoms with E-state index in [0.29, 0.717) is 24.6 Å². The quantitative estimate of drug-likeness (QED) is 0.842. The first-order valence-electron chi connectivity index (χ1n) is 5.89. The zero-order valence-electron chi connectivity index (χ0n) is 11.0. The summed E-state index contributed by atoms with van der Waals surface area (Å²) in [6.07, 6.45) is 0. The van der Waals surface area contributed by atoms with Crippen molar-refractivity contribution in [3.05, 3.63) is 18.2 Å². The lowest BCUT2D eigenvalue weighted by Gasteiger charge is -2.25. The van der Waals surface area contributed by atoms with Gasteiger partial charge in [0.25, 0.3) is 0 Å². The second-order valence-corrected chi connectivity index (χ2v) is 7.20. The number of hydrogen-bond acceptors (Lipinski definition) is 5. The molecule has 1 heterocycles. The molecule has 1 aliphatic heterocycles. The molecule has 0 bridgehead atoms. The van der Waals surface area contributed by atoms with Crippen molar-refractivity contribution in [1.29, 1.82) is 0 Å². The van der Waals surface area contributed by atoms with Crippen LogP contribution in [0.25, 0.3) is 0 Å². The van der Waals surface area contributed by atoms with Gasteiger partial charge in [-0.15, -0.1) is 0 Å². The minimum atomic E-state index is -3.44. The summed E-state index contributed by atoms with van der Waals surface area (Å²) in [5.74, 6) is 2.63. The predicted octanol–water partition coefficient (Wildman–Crippen LogP) is 1.44. The van der Waals surface area contributed by atoms with Crippen molar-refractivity contribution >= 4 is 21.8 Å². The zero-order valence-corrected chi connectivity index (χ0v) is 12.6. The van der Waals surface area contributed by atoms with Gasteiger partial charge >= 0.3 is 0 Å². The van der Waals surface area contributed by atoms with E-state index in [1.54, 1.807) is 23.9 Å². The van der Waals surface area contributed by atoms with Gasteiger partial charge in [-0.3, -0.25) is 0 Å². The average Bonchev–Trinajstić information content (AvgIpc) is 2.47. The van der Waals surface area contributed by atoms with Gasteiger partial charge in [-0.05, 0) is 12.1 Å². The molecule has 0 N–H and O–H groups in total. The molecular weight excluding hydrogens is 286 g/mol. The van der Waals surface area contributed by atoms with Gasteiger partial charge in [-0.25, -0.2) is 8.42 Å². The maximum Gasteiger partial charge on any atom is 0.243 e. The van der Waals surface area contributed by atoms with Crippen LogP contribution in [0.2, 0.25) is 0 Å². The number of hydrogen-bond donors (Lipinski definition) is 0. The van der Waals surface area contributed by atoms with Crippen molar-refractivity contribution in [3.63, 3.8) is 0 Å². The second kappa shape index (κ2) is 6.02. The van der Waals surface area contributed by atoms with E-state index in [4.69, 9.17) is 9.47 Å². The Morgan fingerprint density at radius 1 is 1.11 bits per heavy atom. The Morgan fingerprint density at radius 2 is 1.74 bits per heavy atom. The summed E-state index contributed by atoms with van der Waals surface area (Å²) in [7, 11) is -0.422. The third-order valence-corrected chi connectivity index (χ3v) is 5.80. The van der Waals surface area contributed by atoms with Crippen LogP contribution < -0.4 is 9.47 Å². The van der Waals surface area contributed by atoms with Gasteiger partial charge in [0.05, 0.1) is 19.1 Å². The molecule has 0 aromatic heterocycles. The SMILES string of the molecule is COc1ccc(S(=O)(=O)N2CCSCC2)cc1OC. The average molecular weight is 303 g/mol. The van der Waals surface area contributed by atoms with Crippen LogP contribution in [0.1, 0.15) is 0 Å². The van der Waals surface area contributed by atoms with E-state index in [1.165, 1.54) is 24.6 Å². The fraction of sp³-hybridized carbons (Fsp3) is 0.500. The minimum absolute atomic E-state index is 0.247. The molecule has 0 spiro atoms. The van der Waals surface area contributed by atoms with E-state index in [9.17, 15) is 8.42 Å². The predicted molar refractivity (Wildman–Crippen MR) is 75.6 cm³/mol. The highest BCUT2D eigenvalue weighted by Crippen LogP contribution is 2.31. The van der Waals surface area contributed by atoms with E-state index >= 15 is 0 Å². The number of rotatable bonds is 4. The molecule has 0 saturated carbocycles. The number of sulfonamides is 1. The molecule has 106 valence electrons. The summed E-state index contributed by atoms with van der Waals surface area (Å²) < 4.78 is 36.7. The first-order valence-corrected chi connectivity index (χ1v) is 8.49. The molecule has 0 unspecified atom stereocenters. The van der Waals surface area contributed by atoms with E-state index in [2.05, 4.69) is 0 Å². The number of benzene rings is 1. The molecule has 2 rings (SSSR count). The number of ether oxygens (including phenoxy) is 2. The topological polar surface area (TPSA) is 55.8 Å². The van der Waals surface area contributed by atoms with Gasteiger partial charge in [0.15, 0.2) is 11.5 Å². The highest BCUT2D eigenvalue weighted by atomic mass is 32.2. The van der Waals surface area contributed by atoms with E-state index in [0.717, 1.165) is 11.5 Å². The molecule has 1 aromatic rings. The van der Waals surface area contributed by atoms with Crippen molar-refractivity contribution < 1.29 is 17.9 Å². The van der Waals surface area contributed by atoms with E-state index in [-0.39, 0.29) is 4.90 Å². The lowest BCUT2D eigenvalue weighted by Crippen LogP contribution is -2.37. The monoisotopic (exact) mass is 303 g/mol. The van der Waals surface area contributed by atoms with Gasteiger partial charge in [0, 0.05) is 30.7 Å². The fourth-order valence-corrected chi connectivity index (χ4v) is 4.50. The van der Waals surface area contributed by atoms with Crippen LogP contribution in [-0.2, 0) is 10.0 Å². The summed E-state index contributed by atoms with van der Waals surface area (Å²) in [6, 6.07) is 4.68. The Balaban J connectivity index is 2.34. The van der Waals surface area contributed by atoms with Gasteiger partial charge < -0.3 is 9.47 Å². The molecule has 19 heavy (non-hydrogen) atoms. The first-order chi connectivity index (χ1) is 9.09. The lowest BCUT2D eigenvalue weighted by atomic mass is 10.3. The molecule has 0 aliphatic carbocycles. The first kappa shape index (κ1) is 14.5. The summed E-state index contributed by atoms with van der Waals surface area (Å²) in [4.78, 5) is 0.247. The third kappa shape index (κ3) is 2.98. The molecule has 1 aromatic carbocycles. The Morgan fingerprint density at radius 3 is 2.32 bits per heavy atom. The van der Waals surface area contributed by atoms with E-state index < -0.39 is 10.0 Å². The van der Waals surface area contributed by atoms with Gasteiger partial charge in [-0.1, -0.05) is 0 Å². The Kier molecular flexibility index (Phi) is 4.59. The van der Waals surface area contributed by atoms with Crippen molar-refractivity contribution in [3.8, 4) is 11.5 Å². The van der Waals surface area contributed by atoms with Crippen molar-refractivity contribution in [2.45, 2.75) is 4.90 Å². The lowest BCUT2D eigenvalue weighted by molar-refractivity contribution is 0.353. The maximum atomic E-state index is 12.5. The van der Waals surface area contributed by atoms with Crippen LogP contribution >= 0.6 is 11.8 Å². The molecule has 0 amide bonds. The molecule has 0 atom stereocenters. The van der Waals surface area contributed by atoms with Crippen LogP contribution in [0.3, 0.4) is 0 Å². The molecule has 5 nitrogen and oxygen atoms in total. The number of thioether (sulfide) groups is 1. The molecular formula is C12H17NO4S2. The van der Waals surface area contributed by atoms with Gasteiger partial charge in [-0.2, -0.15) is 16.1 Å². The van der Waals surface area contributed by atoms with Crippen molar-refractivity contribution in [1.82, 2.24) is 4.31 Å². The highest BCUT2D eigenvalue weighted by Gasteiger charge is 2.27. The second-order valence-electron chi connectivity index (χ2n) is 4.03. The fourth-order valence-electron chi connectivity index (χ4n) is 1.91. The van der Waals surface area contributed by atoms with Crippen LogP contribution in [0, 0.1) is 0 Å². The molecule has 1 saturated heterocycles. The standard InChI is InChI=1S/C12H17NO4S2/c1-16-11-4-3-10(9-12(11)17-2)19(14,15)13-5-7-18-8-6-13/h3-4,9H,5-8H2,1-2H3. The van der Waals surface area contributed by atoms with Crippen molar-refractivity contribution in [2.24, 2.45) is 0 Å². The summed E-state index contributed by atoms with van der Waals surface area (Å²) in [5.41, 5.74) is 0. The van der Waals surface area contributed by atoms with Gasteiger partial charge in [0.2, 0.25) is 10.0 Å². The smallest absolute Gasteiger partial charge is 0.243 e. The van der Waals surface area contributed by atoms with Crippen molar-refractivity contribution in [2.75, 3.05) is 38.8 Å². The van der Waals surface area contributed by atoms with Crippen LogP contribution in [0.5, 0.6) is 11.5 Å². The Hall–Kier alpha value is -0.920. The molecule has 7 heteroatoms. The van der Waals surface area contributed by atoms with E-state index in [1.807, 2.05) is 0 Å². The van der Waals surface area contributed by atoms with Crippen LogP contribution in [-0.4, -0.2) is 51.5 Å². The molecule has 0 radical (unpaired) electrons. The normalized spacial score (nSPS) is 17.2. The largest absolute Gasteiger partial charge is 0.493 e. The Labute approximate surface area is 117 Å².